The summed E-state index contributed by atoms with van der Waals surface area (Å²) in [5.41, 5.74) is 2.21. The third-order valence-corrected chi connectivity index (χ3v) is 4.14. The van der Waals surface area contributed by atoms with Gasteiger partial charge in [0.15, 0.2) is 0 Å². The van der Waals surface area contributed by atoms with E-state index < -0.39 is 6.10 Å². The van der Waals surface area contributed by atoms with Crippen LogP contribution in [0.2, 0.25) is 0 Å². The lowest BCUT2D eigenvalue weighted by atomic mass is 10.0. The van der Waals surface area contributed by atoms with Crippen molar-refractivity contribution in [2.24, 2.45) is 0 Å². The molecule has 0 fully saturated rings. The van der Waals surface area contributed by atoms with Crippen LogP contribution < -0.4 is 0 Å². The Hall–Kier alpha value is -1.12. The van der Waals surface area contributed by atoms with Crippen LogP contribution in [-0.4, -0.2) is 5.11 Å². The summed E-state index contributed by atoms with van der Waals surface area (Å²) in [6, 6.07) is 12.4. The predicted octanol–water partition coefficient (Wildman–Crippen LogP) is 3.90. The van der Waals surface area contributed by atoms with E-state index in [-0.39, 0.29) is 0 Å². The van der Waals surface area contributed by atoms with Crippen LogP contribution in [0.1, 0.15) is 33.9 Å². The molecule has 0 aliphatic heterocycles. The maximum absolute atomic E-state index is 10.2. The maximum atomic E-state index is 10.2. The van der Waals surface area contributed by atoms with Crippen LogP contribution in [0.15, 0.2) is 36.4 Å². The van der Waals surface area contributed by atoms with Crippen molar-refractivity contribution in [1.29, 1.82) is 0 Å². The molecule has 0 saturated carbocycles. The number of rotatable bonds is 4. The highest BCUT2D eigenvalue weighted by atomic mass is 32.1. The molecule has 90 valence electrons. The van der Waals surface area contributed by atoms with Crippen molar-refractivity contribution in [3.05, 3.63) is 57.3 Å². The second kappa shape index (κ2) is 5.48. The Morgan fingerprint density at radius 2 is 1.94 bits per heavy atom. The molecule has 0 aliphatic carbocycles. The first-order chi connectivity index (χ1) is 8.19. The summed E-state index contributed by atoms with van der Waals surface area (Å²) in [7, 11) is 0. The van der Waals surface area contributed by atoms with E-state index in [1.807, 2.05) is 12.1 Å². The molecule has 0 saturated heterocycles. The molecule has 0 radical (unpaired) electrons. The van der Waals surface area contributed by atoms with Crippen molar-refractivity contribution in [3.63, 3.8) is 0 Å². The molecule has 1 aromatic carbocycles. The van der Waals surface area contributed by atoms with E-state index in [0.717, 1.165) is 12.0 Å². The van der Waals surface area contributed by atoms with E-state index in [1.165, 1.54) is 15.3 Å². The second-order valence-electron chi connectivity index (χ2n) is 4.36. The summed E-state index contributed by atoms with van der Waals surface area (Å²) >= 11 is 1.80. The fourth-order valence-electron chi connectivity index (χ4n) is 1.91. The Kier molecular flexibility index (Phi) is 3.97. The molecular formula is C15H18OS. The number of thiophene rings is 1. The van der Waals surface area contributed by atoms with Gasteiger partial charge in [0.2, 0.25) is 0 Å². The van der Waals surface area contributed by atoms with Crippen molar-refractivity contribution in [3.8, 4) is 0 Å². The lowest BCUT2D eigenvalue weighted by Crippen LogP contribution is -2.00. The SMILES string of the molecule is CCc1ccc(CC(O)c2cccc(C)c2)s1. The van der Waals surface area contributed by atoms with Crippen LogP contribution in [0.3, 0.4) is 0 Å². The minimum atomic E-state index is -0.391. The maximum Gasteiger partial charge on any atom is 0.0838 e. The number of aliphatic hydroxyl groups excluding tert-OH is 1. The molecule has 1 aromatic heterocycles. The average molecular weight is 246 g/mol. The van der Waals surface area contributed by atoms with Gasteiger partial charge in [-0.3, -0.25) is 0 Å². The standard InChI is InChI=1S/C15H18OS/c1-3-13-7-8-14(17-13)10-15(16)12-6-4-5-11(2)9-12/h4-9,15-16H,3,10H2,1-2H3. The fraction of sp³-hybridized carbons (Fsp3) is 0.333. The molecule has 2 aromatic rings. The van der Waals surface area contributed by atoms with E-state index in [1.54, 1.807) is 11.3 Å². The molecule has 0 bridgehead atoms. The van der Waals surface area contributed by atoms with E-state index in [4.69, 9.17) is 0 Å². The largest absolute Gasteiger partial charge is 0.388 e. The molecule has 2 rings (SSSR count). The molecule has 0 aliphatic rings. The van der Waals surface area contributed by atoms with E-state index >= 15 is 0 Å². The Balaban J connectivity index is 2.08. The van der Waals surface area contributed by atoms with Crippen molar-refractivity contribution in [1.82, 2.24) is 0 Å². The Morgan fingerprint density at radius 1 is 1.18 bits per heavy atom. The molecule has 2 heteroatoms. The highest BCUT2D eigenvalue weighted by molar-refractivity contribution is 7.11. The van der Waals surface area contributed by atoms with E-state index in [9.17, 15) is 5.11 Å². The first-order valence-electron chi connectivity index (χ1n) is 6.01. The van der Waals surface area contributed by atoms with Gasteiger partial charge >= 0.3 is 0 Å². The van der Waals surface area contributed by atoms with Gasteiger partial charge in [-0.1, -0.05) is 36.8 Å². The van der Waals surface area contributed by atoms with Gasteiger partial charge in [-0.15, -0.1) is 11.3 Å². The van der Waals surface area contributed by atoms with Crippen molar-refractivity contribution >= 4 is 11.3 Å². The molecule has 0 amide bonds. The minimum Gasteiger partial charge on any atom is -0.388 e. The van der Waals surface area contributed by atoms with Gasteiger partial charge in [-0.25, -0.2) is 0 Å². The number of aliphatic hydroxyl groups is 1. The third kappa shape index (κ3) is 3.18. The van der Waals surface area contributed by atoms with Gasteiger partial charge < -0.3 is 5.11 Å². The topological polar surface area (TPSA) is 20.2 Å². The van der Waals surface area contributed by atoms with Gasteiger partial charge in [-0.05, 0) is 31.0 Å². The molecule has 1 atom stereocenters. The van der Waals surface area contributed by atoms with Crippen LogP contribution in [0.4, 0.5) is 0 Å². The van der Waals surface area contributed by atoms with Gasteiger partial charge in [0.05, 0.1) is 6.10 Å². The van der Waals surface area contributed by atoms with Crippen LogP contribution in [-0.2, 0) is 12.8 Å². The second-order valence-corrected chi connectivity index (χ2v) is 5.61. The third-order valence-electron chi connectivity index (χ3n) is 2.89. The first-order valence-corrected chi connectivity index (χ1v) is 6.83. The quantitative estimate of drug-likeness (QED) is 0.867. The highest BCUT2D eigenvalue weighted by Gasteiger charge is 2.10. The monoisotopic (exact) mass is 246 g/mol. The van der Waals surface area contributed by atoms with Crippen molar-refractivity contribution in [2.75, 3.05) is 0 Å². The number of hydrogen-bond acceptors (Lipinski definition) is 2. The lowest BCUT2D eigenvalue weighted by molar-refractivity contribution is 0.179. The Bertz CT molecular complexity index is 487. The van der Waals surface area contributed by atoms with E-state index in [2.05, 4.69) is 38.1 Å². The summed E-state index contributed by atoms with van der Waals surface area (Å²) in [4.78, 5) is 2.65. The molecule has 1 nitrogen and oxygen atoms in total. The Labute approximate surface area is 107 Å². The highest BCUT2D eigenvalue weighted by Crippen LogP contribution is 2.24. The molecular weight excluding hydrogens is 228 g/mol. The summed E-state index contributed by atoms with van der Waals surface area (Å²) in [6.45, 7) is 4.21. The van der Waals surface area contributed by atoms with Crippen LogP contribution >= 0.6 is 11.3 Å². The van der Waals surface area contributed by atoms with E-state index in [0.29, 0.717) is 6.42 Å². The van der Waals surface area contributed by atoms with Crippen LogP contribution in [0, 0.1) is 6.92 Å². The fourth-order valence-corrected chi connectivity index (χ4v) is 2.90. The predicted molar refractivity (Wildman–Crippen MR) is 73.5 cm³/mol. The summed E-state index contributed by atoms with van der Waals surface area (Å²) in [6.07, 6.45) is 1.40. The van der Waals surface area contributed by atoms with Gasteiger partial charge in [0, 0.05) is 16.2 Å². The molecule has 1 heterocycles. The zero-order valence-electron chi connectivity index (χ0n) is 10.3. The minimum absolute atomic E-state index is 0.391. The average Bonchev–Trinajstić information content (AvgIpc) is 2.77. The zero-order chi connectivity index (χ0) is 12.3. The summed E-state index contributed by atoms with van der Waals surface area (Å²) in [5.74, 6) is 0. The number of hydrogen-bond donors (Lipinski definition) is 1. The summed E-state index contributed by atoms with van der Waals surface area (Å²) in [5, 5.41) is 10.2. The smallest absolute Gasteiger partial charge is 0.0838 e. The number of benzene rings is 1. The lowest BCUT2D eigenvalue weighted by Gasteiger charge is -2.10. The van der Waals surface area contributed by atoms with Crippen molar-refractivity contribution in [2.45, 2.75) is 32.8 Å². The normalized spacial score (nSPS) is 12.6. The molecule has 1 N–H and O–H groups in total. The molecule has 17 heavy (non-hydrogen) atoms. The van der Waals surface area contributed by atoms with Gasteiger partial charge in [0.25, 0.3) is 0 Å². The first kappa shape index (κ1) is 12.3. The summed E-state index contributed by atoms with van der Waals surface area (Å²) < 4.78 is 0. The Morgan fingerprint density at radius 3 is 2.59 bits per heavy atom. The van der Waals surface area contributed by atoms with Crippen molar-refractivity contribution < 1.29 is 5.11 Å². The molecule has 1 unspecified atom stereocenters. The van der Waals surface area contributed by atoms with Gasteiger partial charge in [-0.2, -0.15) is 0 Å². The molecule has 0 spiro atoms. The number of aryl methyl sites for hydroxylation is 2. The zero-order valence-corrected chi connectivity index (χ0v) is 11.1. The van der Waals surface area contributed by atoms with Crippen LogP contribution in [0.25, 0.3) is 0 Å². The van der Waals surface area contributed by atoms with Gasteiger partial charge in [0.1, 0.15) is 0 Å². The van der Waals surface area contributed by atoms with Crippen LogP contribution in [0.5, 0.6) is 0 Å².